The third-order valence-electron chi connectivity index (χ3n) is 3.41. The molecule has 0 radical (unpaired) electrons. The van der Waals surface area contributed by atoms with Crippen LogP contribution in [-0.2, 0) is 18.4 Å². The van der Waals surface area contributed by atoms with Crippen molar-refractivity contribution in [2.45, 2.75) is 38.6 Å². The van der Waals surface area contributed by atoms with Gasteiger partial charge >= 0.3 is 0 Å². The maximum atomic E-state index is 9.91. The number of nitrogens with two attached hydrogens (primary N) is 1. The van der Waals surface area contributed by atoms with Crippen molar-refractivity contribution in [2.75, 3.05) is 0 Å². The van der Waals surface area contributed by atoms with Crippen LogP contribution in [0.15, 0.2) is 10.5 Å². The predicted octanol–water partition coefficient (Wildman–Crippen LogP) is 2.84. The molecule has 0 aliphatic heterocycles. The minimum atomic E-state index is 0.204. The number of halogens is 1. The van der Waals surface area contributed by atoms with Gasteiger partial charge in [-0.3, -0.25) is 0 Å². The monoisotopic (exact) mass is 269 g/mol. The lowest BCUT2D eigenvalue weighted by Gasteiger charge is -2.20. The van der Waals surface area contributed by atoms with Gasteiger partial charge in [0.25, 0.3) is 0 Å². The number of hydrogen-bond acceptors (Lipinski definition) is 2. The quantitative estimate of drug-likeness (QED) is 0.824. The zero-order valence-corrected chi connectivity index (χ0v) is 10.7. The van der Waals surface area contributed by atoms with E-state index in [0.717, 1.165) is 22.9 Å². The Balaban J connectivity index is 2.70. The van der Waals surface area contributed by atoms with Crippen molar-refractivity contribution in [1.29, 1.82) is 0 Å². The highest BCUT2D eigenvalue weighted by Gasteiger charge is 2.32. The fraction of sp³-hybridized carbons (Fsp3) is 0.500. The zero-order valence-electron chi connectivity index (χ0n) is 9.10. The molecule has 1 aliphatic carbocycles. The Morgan fingerprint density at radius 3 is 2.80 bits per heavy atom. The lowest BCUT2D eigenvalue weighted by molar-refractivity contribution is 0.463. The van der Waals surface area contributed by atoms with Gasteiger partial charge in [0.2, 0.25) is 0 Å². The molecule has 3 N–H and O–H groups in total. The first-order valence-corrected chi connectivity index (χ1v) is 6.00. The van der Waals surface area contributed by atoms with Gasteiger partial charge in [0.1, 0.15) is 5.75 Å². The Labute approximate surface area is 98.6 Å². The van der Waals surface area contributed by atoms with Crippen molar-refractivity contribution < 1.29 is 5.11 Å². The zero-order chi connectivity index (χ0) is 11.2. The summed E-state index contributed by atoms with van der Waals surface area (Å²) in [6, 6.07) is 2.04. The molecule has 3 heteroatoms. The van der Waals surface area contributed by atoms with E-state index in [-0.39, 0.29) is 5.41 Å². The fourth-order valence-corrected chi connectivity index (χ4v) is 2.88. The molecule has 0 heterocycles. The van der Waals surface area contributed by atoms with Crippen LogP contribution in [0.25, 0.3) is 0 Å². The number of fused-ring (bicyclic) bond motifs is 1. The van der Waals surface area contributed by atoms with Crippen LogP contribution in [0.1, 0.15) is 37.0 Å². The van der Waals surface area contributed by atoms with E-state index >= 15 is 0 Å². The lowest BCUT2D eigenvalue weighted by atomic mass is 9.86. The van der Waals surface area contributed by atoms with E-state index in [4.69, 9.17) is 5.73 Å². The maximum Gasteiger partial charge on any atom is 0.134 e. The molecule has 0 fully saturated rings. The smallest absolute Gasteiger partial charge is 0.134 e. The van der Waals surface area contributed by atoms with E-state index in [2.05, 4.69) is 29.8 Å². The van der Waals surface area contributed by atoms with Crippen LogP contribution in [0.4, 0.5) is 0 Å². The Morgan fingerprint density at radius 2 is 2.20 bits per heavy atom. The molecule has 0 amide bonds. The van der Waals surface area contributed by atoms with Gasteiger partial charge in [-0.05, 0) is 51.4 Å². The van der Waals surface area contributed by atoms with Gasteiger partial charge < -0.3 is 10.8 Å². The van der Waals surface area contributed by atoms with E-state index in [1.165, 1.54) is 11.1 Å². The summed E-state index contributed by atoms with van der Waals surface area (Å²) in [7, 11) is 0. The molecule has 0 atom stereocenters. The summed E-state index contributed by atoms with van der Waals surface area (Å²) in [6.45, 7) is 4.88. The van der Waals surface area contributed by atoms with Crippen molar-refractivity contribution in [3.63, 3.8) is 0 Å². The average Bonchev–Trinajstić information content (AvgIpc) is 2.45. The summed E-state index contributed by atoms with van der Waals surface area (Å²) in [5.41, 5.74) is 9.39. The van der Waals surface area contributed by atoms with Gasteiger partial charge in [-0.1, -0.05) is 13.8 Å². The molecule has 0 unspecified atom stereocenters. The molecular formula is C12H16BrNO. The Hall–Kier alpha value is -0.540. The van der Waals surface area contributed by atoms with Gasteiger partial charge in [0.05, 0.1) is 4.47 Å². The van der Waals surface area contributed by atoms with Gasteiger partial charge in [-0.15, -0.1) is 0 Å². The summed E-state index contributed by atoms with van der Waals surface area (Å²) in [6.07, 6.45) is 2.15. The molecule has 0 saturated carbocycles. The Bertz CT molecular complexity index is 413. The number of rotatable bonds is 1. The topological polar surface area (TPSA) is 46.2 Å². The highest BCUT2D eigenvalue weighted by molar-refractivity contribution is 9.10. The first kappa shape index (κ1) is 11.0. The number of phenolic OH excluding ortho intramolecular Hbond substituents is 1. The van der Waals surface area contributed by atoms with Crippen molar-refractivity contribution in [2.24, 2.45) is 5.73 Å². The van der Waals surface area contributed by atoms with Gasteiger partial charge in [-0.25, -0.2) is 0 Å². The molecular weight excluding hydrogens is 254 g/mol. The largest absolute Gasteiger partial charge is 0.506 e. The lowest BCUT2D eigenvalue weighted by Crippen LogP contribution is -2.12. The van der Waals surface area contributed by atoms with Crippen molar-refractivity contribution >= 4 is 15.9 Å². The van der Waals surface area contributed by atoms with Crippen LogP contribution < -0.4 is 5.73 Å². The summed E-state index contributed by atoms with van der Waals surface area (Å²) < 4.78 is 0.761. The van der Waals surface area contributed by atoms with Crippen LogP contribution >= 0.6 is 15.9 Å². The SMILES string of the molecule is CC1(C)CCc2c1cc(Br)c(O)c2CN. The molecule has 1 aliphatic rings. The molecule has 1 aromatic carbocycles. The third kappa shape index (κ3) is 1.58. The van der Waals surface area contributed by atoms with Crippen molar-refractivity contribution in [1.82, 2.24) is 0 Å². The standard InChI is InChI=1S/C12H16BrNO/c1-12(2)4-3-7-8(6-14)11(15)10(13)5-9(7)12/h5,15H,3-4,6,14H2,1-2H3. The van der Waals surface area contributed by atoms with E-state index in [1.54, 1.807) is 0 Å². The van der Waals surface area contributed by atoms with Crippen molar-refractivity contribution in [3.05, 3.63) is 27.2 Å². The maximum absolute atomic E-state index is 9.91. The van der Waals surface area contributed by atoms with E-state index in [1.807, 2.05) is 6.07 Å². The van der Waals surface area contributed by atoms with Gasteiger partial charge in [-0.2, -0.15) is 0 Å². The van der Waals surface area contributed by atoms with Gasteiger partial charge in [0, 0.05) is 12.1 Å². The van der Waals surface area contributed by atoms with Crippen LogP contribution in [0.5, 0.6) is 5.75 Å². The van der Waals surface area contributed by atoms with E-state index < -0.39 is 0 Å². The third-order valence-corrected chi connectivity index (χ3v) is 4.01. The summed E-state index contributed by atoms with van der Waals surface area (Å²) >= 11 is 3.39. The van der Waals surface area contributed by atoms with Crippen LogP contribution in [0.3, 0.4) is 0 Å². The van der Waals surface area contributed by atoms with E-state index in [0.29, 0.717) is 12.3 Å². The van der Waals surface area contributed by atoms with Crippen LogP contribution in [0, 0.1) is 0 Å². The molecule has 1 aromatic rings. The molecule has 2 nitrogen and oxygen atoms in total. The summed E-state index contributed by atoms with van der Waals surface area (Å²) in [4.78, 5) is 0. The number of hydrogen-bond donors (Lipinski definition) is 2. The first-order chi connectivity index (χ1) is 6.97. The molecule has 82 valence electrons. The second kappa shape index (κ2) is 3.49. The Kier molecular flexibility index (Phi) is 2.55. The fourth-order valence-electron chi connectivity index (χ4n) is 2.41. The molecule has 0 saturated heterocycles. The van der Waals surface area contributed by atoms with E-state index in [9.17, 15) is 5.11 Å². The molecule has 2 rings (SSSR count). The molecule has 0 bridgehead atoms. The minimum absolute atomic E-state index is 0.204. The number of aromatic hydroxyl groups is 1. The van der Waals surface area contributed by atoms with Crippen molar-refractivity contribution in [3.8, 4) is 5.75 Å². The molecule has 0 aromatic heterocycles. The van der Waals surface area contributed by atoms with Crippen LogP contribution in [0.2, 0.25) is 0 Å². The van der Waals surface area contributed by atoms with Gasteiger partial charge in [0.15, 0.2) is 0 Å². The predicted molar refractivity (Wildman–Crippen MR) is 65.0 cm³/mol. The number of benzene rings is 1. The second-order valence-electron chi connectivity index (χ2n) is 4.80. The molecule has 0 spiro atoms. The summed E-state index contributed by atoms with van der Waals surface area (Å²) in [5, 5.41) is 9.91. The summed E-state index contributed by atoms with van der Waals surface area (Å²) in [5.74, 6) is 0.314. The van der Waals surface area contributed by atoms with Crippen LogP contribution in [-0.4, -0.2) is 5.11 Å². The second-order valence-corrected chi connectivity index (χ2v) is 5.65. The Morgan fingerprint density at radius 1 is 1.53 bits per heavy atom. The first-order valence-electron chi connectivity index (χ1n) is 5.21. The highest BCUT2D eigenvalue weighted by atomic mass is 79.9. The number of phenols is 1. The normalized spacial score (nSPS) is 17.9. The highest BCUT2D eigenvalue weighted by Crippen LogP contribution is 2.44. The molecule has 15 heavy (non-hydrogen) atoms. The minimum Gasteiger partial charge on any atom is -0.506 e. The average molecular weight is 270 g/mol.